The zero-order valence-electron chi connectivity index (χ0n) is 39.6. The Balaban J connectivity index is 0.778. The van der Waals surface area contributed by atoms with Crippen molar-refractivity contribution in [2.24, 2.45) is 0 Å². The summed E-state index contributed by atoms with van der Waals surface area (Å²) < 4.78 is 28.5. The first-order valence-corrected chi connectivity index (χ1v) is 25.7. The lowest BCUT2D eigenvalue weighted by molar-refractivity contribution is 0.668. The van der Waals surface area contributed by atoms with E-state index in [1.54, 1.807) is 11.3 Å². The number of hydrogen-bond acceptors (Lipinski definition) is 9. The second-order valence-electron chi connectivity index (χ2n) is 19.3. The number of furan rings is 4. The van der Waals surface area contributed by atoms with Crippen LogP contribution < -0.4 is 9.80 Å². The summed E-state index contributed by atoms with van der Waals surface area (Å²) in [5.74, 6) is 1.61. The molecule has 0 fully saturated rings. The molecule has 10 aromatic carbocycles. The van der Waals surface area contributed by atoms with Crippen LogP contribution in [0.3, 0.4) is 0 Å². The lowest BCUT2D eigenvalue weighted by Crippen LogP contribution is -2.11. The van der Waals surface area contributed by atoms with Crippen LogP contribution in [0.2, 0.25) is 0 Å². The van der Waals surface area contributed by atoms with Crippen molar-refractivity contribution in [1.82, 2.24) is 9.97 Å². The number of thiophene rings is 1. The predicted molar refractivity (Wildman–Crippen MR) is 308 cm³/mol. The van der Waals surface area contributed by atoms with Gasteiger partial charge in [0.05, 0.1) is 22.4 Å². The Morgan fingerprint density at radius 3 is 1.15 bits per heavy atom. The number of nitrogens with zero attached hydrogens (tertiary/aromatic N) is 4. The van der Waals surface area contributed by atoms with Crippen molar-refractivity contribution < 1.29 is 17.7 Å². The Morgan fingerprint density at radius 2 is 0.640 bits per heavy atom. The lowest BCUT2D eigenvalue weighted by Gasteiger charge is -2.24. The molecular weight excluding hydrogens is 945 g/mol. The highest BCUT2D eigenvalue weighted by Crippen LogP contribution is 2.46. The van der Waals surface area contributed by atoms with Gasteiger partial charge in [-0.05, 0) is 133 Å². The van der Waals surface area contributed by atoms with E-state index in [2.05, 4.69) is 180 Å². The van der Waals surface area contributed by atoms with Crippen LogP contribution in [0.25, 0.3) is 130 Å². The average molecular weight is 981 g/mol. The molecule has 0 aliphatic rings. The number of anilines is 6. The molecule has 7 heterocycles. The number of fused-ring (bicyclic) bond motifs is 17. The number of pyridine rings is 2. The van der Waals surface area contributed by atoms with Crippen LogP contribution >= 0.6 is 11.3 Å². The van der Waals surface area contributed by atoms with Crippen LogP contribution in [0.1, 0.15) is 0 Å². The minimum Gasteiger partial charge on any atom is -0.456 e. The van der Waals surface area contributed by atoms with E-state index in [1.807, 2.05) is 48.5 Å². The van der Waals surface area contributed by atoms with E-state index < -0.39 is 0 Å². The van der Waals surface area contributed by atoms with Crippen LogP contribution in [-0.2, 0) is 0 Å². The molecule has 0 spiro atoms. The van der Waals surface area contributed by atoms with Crippen molar-refractivity contribution in [3.05, 3.63) is 218 Å². The molecule has 0 bridgehead atoms. The molecule has 0 atom stereocenters. The van der Waals surface area contributed by atoms with E-state index >= 15 is 0 Å². The number of rotatable bonds is 6. The van der Waals surface area contributed by atoms with Crippen molar-refractivity contribution in [1.29, 1.82) is 0 Å². The number of aromatic nitrogens is 2. The SMILES string of the molecule is c1ccc2nc(N(c3ccc4c(c3)oc3cc5c(cc34)sc3cc4c(cc35)oc3cc(N(c5ccc6oc7ccccc7c6c5)c5ccc6ccccc6n5)ccc34)c3ccc4oc5ccccc5c4c3)ccc2c1. The van der Waals surface area contributed by atoms with Gasteiger partial charge in [-0.1, -0.05) is 72.8 Å². The quantitative estimate of drug-likeness (QED) is 0.163. The van der Waals surface area contributed by atoms with Crippen molar-refractivity contribution in [2.75, 3.05) is 9.80 Å². The minimum atomic E-state index is 0.798. The third-order valence-electron chi connectivity index (χ3n) is 15.0. The largest absolute Gasteiger partial charge is 0.456 e. The van der Waals surface area contributed by atoms with Crippen LogP contribution in [0.4, 0.5) is 34.4 Å². The van der Waals surface area contributed by atoms with Crippen LogP contribution in [0, 0.1) is 0 Å². The first-order valence-electron chi connectivity index (χ1n) is 24.9. The van der Waals surface area contributed by atoms with Crippen molar-refractivity contribution in [3.63, 3.8) is 0 Å². The second kappa shape index (κ2) is 15.3. The van der Waals surface area contributed by atoms with Gasteiger partial charge < -0.3 is 17.7 Å². The first-order chi connectivity index (χ1) is 37.1. The molecule has 0 amide bonds. The zero-order valence-corrected chi connectivity index (χ0v) is 40.4. The van der Waals surface area contributed by atoms with E-state index in [0.717, 1.165) is 155 Å². The molecule has 0 aliphatic carbocycles. The van der Waals surface area contributed by atoms with Crippen molar-refractivity contribution in [3.8, 4) is 0 Å². The molecule has 0 saturated carbocycles. The fraction of sp³-hybridized carbons (Fsp3) is 0. The van der Waals surface area contributed by atoms with Gasteiger partial charge in [-0.15, -0.1) is 11.3 Å². The second-order valence-corrected chi connectivity index (χ2v) is 20.4. The van der Waals surface area contributed by atoms with Gasteiger partial charge in [0.2, 0.25) is 0 Å². The van der Waals surface area contributed by atoms with Crippen LogP contribution in [0.5, 0.6) is 0 Å². The highest BCUT2D eigenvalue weighted by Gasteiger charge is 2.23. The molecule has 17 aromatic rings. The summed E-state index contributed by atoms with van der Waals surface area (Å²) >= 11 is 1.80. The highest BCUT2D eigenvalue weighted by atomic mass is 32.1. The monoisotopic (exact) mass is 980 g/mol. The predicted octanol–water partition coefficient (Wildman–Crippen LogP) is 19.7. The maximum atomic E-state index is 6.84. The van der Waals surface area contributed by atoms with E-state index in [9.17, 15) is 0 Å². The molecule has 7 aromatic heterocycles. The van der Waals surface area contributed by atoms with E-state index in [1.165, 1.54) is 9.40 Å². The molecular formula is C66H36N4O4S. The third-order valence-corrected chi connectivity index (χ3v) is 16.1. The topological polar surface area (TPSA) is 84.8 Å². The fourth-order valence-electron chi connectivity index (χ4n) is 11.5. The Labute approximate surface area is 429 Å². The van der Waals surface area contributed by atoms with E-state index in [0.29, 0.717) is 0 Å². The van der Waals surface area contributed by atoms with Crippen molar-refractivity contribution >= 4 is 175 Å². The lowest BCUT2D eigenvalue weighted by atomic mass is 10.1. The molecule has 0 radical (unpaired) electrons. The average Bonchev–Trinajstić information content (AvgIpc) is 4.28. The van der Waals surface area contributed by atoms with Crippen molar-refractivity contribution in [2.45, 2.75) is 0 Å². The normalized spacial score (nSPS) is 12.3. The molecule has 75 heavy (non-hydrogen) atoms. The molecule has 0 aliphatic heterocycles. The Kier molecular flexibility index (Phi) is 8.28. The molecule has 17 rings (SSSR count). The third kappa shape index (κ3) is 6.16. The summed E-state index contributed by atoms with van der Waals surface area (Å²) in [7, 11) is 0. The molecule has 0 N–H and O–H groups in total. The van der Waals surface area contributed by atoms with Gasteiger partial charge in [-0.25, -0.2) is 9.97 Å². The molecule has 0 saturated heterocycles. The van der Waals surface area contributed by atoms with Gasteiger partial charge in [-0.3, -0.25) is 9.80 Å². The zero-order chi connectivity index (χ0) is 48.9. The maximum absolute atomic E-state index is 6.84. The van der Waals surface area contributed by atoms with Gasteiger partial charge in [0, 0.05) is 97.5 Å². The van der Waals surface area contributed by atoms with Gasteiger partial charge >= 0.3 is 0 Å². The van der Waals surface area contributed by atoms with E-state index in [4.69, 9.17) is 27.6 Å². The molecule has 0 unspecified atom stereocenters. The fourth-order valence-corrected chi connectivity index (χ4v) is 12.6. The summed E-state index contributed by atoms with van der Waals surface area (Å²) in [5, 5.41) is 12.9. The smallest absolute Gasteiger partial charge is 0.138 e. The molecule has 8 nitrogen and oxygen atoms in total. The number of hydrogen-bond donors (Lipinski definition) is 0. The Hall–Kier alpha value is -9.96. The van der Waals surface area contributed by atoms with E-state index in [-0.39, 0.29) is 0 Å². The first kappa shape index (κ1) is 40.6. The maximum Gasteiger partial charge on any atom is 0.138 e. The van der Waals surface area contributed by atoms with Gasteiger partial charge in [-0.2, -0.15) is 0 Å². The summed E-state index contributed by atoms with van der Waals surface area (Å²) in [4.78, 5) is 14.8. The van der Waals surface area contributed by atoms with Gasteiger partial charge in [0.1, 0.15) is 56.3 Å². The Bertz CT molecular complexity index is 4930. The highest BCUT2D eigenvalue weighted by molar-refractivity contribution is 7.26. The standard InChI is InChI=1S/C66H36N4O4S/c1-5-13-53-37(9-1)17-27-65(67-53)69(39-21-25-57-47(29-39)43-11-3-7-15-55(43)71-57)41-19-23-45-49-35-63-51(33-61(49)73-59(45)31-41)52-34-62-50(36-64(52)75-63)46-24-20-42(32-60(46)74-62)70(66-28-18-38-10-2-6-14-54(38)68-66)40-22-26-58-48(30-40)44-12-4-8-16-56(44)72-58/h1-36H. The minimum absolute atomic E-state index is 0.798. The number of para-hydroxylation sites is 4. The summed E-state index contributed by atoms with van der Waals surface area (Å²) in [6.07, 6.45) is 0. The van der Waals surface area contributed by atoms with Gasteiger partial charge in [0.15, 0.2) is 0 Å². The summed E-state index contributed by atoms with van der Waals surface area (Å²) in [6, 6.07) is 75.9. The van der Waals surface area contributed by atoms with Gasteiger partial charge in [0.25, 0.3) is 0 Å². The number of benzene rings is 10. The summed E-state index contributed by atoms with van der Waals surface area (Å²) in [5.41, 5.74) is 12.3. The molecule has 9 heteroatoms. The van der Waals surface area contributed by atoms with Crippen LogP contribution in [0.15, 0.2) is 236 Å². The summed E-state index contributed by atoms with van der Waals surface area (Å²) in [6.45, 7) is 0. The molecule has 350 valence electrons. The Morgan fingerprint density at radius 1 is 0.267 bits per heavy atom. The van der Waals surface area contributed by atoms with Crippen LogP contribution in [-0.4, -0.2) is 9.97 Å².